The number of rotatable bonds is 6. The van der Waals surface area contributed by atoms with Crippen LogP contribution in [0.15, 0.2) is 24.3 Å². The Kier molecular flexibility index (Phi) is 9.25. The largest absolute Gasteiger partial charge is 0.484 e. The van der Waals surface area contributed by atoms with Gasteiger partial charge in [0.05, 0.1) is 12.8 Å². The molecule has 7 nitrogen and oxygen atoms in total. The van der Waals surface area contributed by atoms with Crippen molar-refractivity contribution in [3.8, 4) is 17.5 Å². The van der Waals surface area contributed by atoms with Crippen LogP contribution in [-0.4, -0.2) is 54.8 Å². The van der Waals surface area contributed by atoms with Crippen LogP contribution in [0.5, 0.6) is 17.5 Å². The van der Waals surface area contributed by atoms with Gasteiger partial charge in [0.2, 0.25) is 5.88 Å². The van der Waals surface area contributed by atoms with E-state index < -0.39 is 0 Å². The van der Waals surface area contributed by atoms with Crippen molar-refractivity contribution in [2.75, 3.05) is 45.3 Å². The summed E-state index contributed by atoms with van der Waals surface area (Å²) < 4.78 is 16.5. The van der Waals surface area contributed by atoms with Crippen LogP contribution in [0.4, 0.5) is 5.69 Å². The monoisotopic (exact) mass is 448 g/mol. The van der Waals surface area contributed by atoms with E-state index in [0.29, 0.717) is 30.9 Å². The van der Waals surface area contributed by atoms with E-state index >= 15 is 0 Å². The number of methoxy groups -OCH3 is 1. The highest BCUT2D eigenvalue weighted by molar-refractivity contribution is 7.59. The summed E-state index contributed by atoms with van der Waals surface area (Å²) in [5.74, 6) is 2.60. The number of piperidine rings is 1. The molecule has 2 aliphatic heterocycles. The van der Waals surface area contributed by atoms with E-state index in [9.17, 15) is 0 Å². The number of nitrogens with one attached hydrogen (secondary N) is 1. The third kappa shape index (κ3) is 6.17. The van der Waals surface area contributed by atoms with Crippen LogP contribution in [0.1, 0.15) is 44.6 Å². The van der Waals surface area contributed by atoms with Crippen LogP contribution in [0.25, 0.3) is 0 Å². The van der Waals surface area contributed by atoms with Gasteiger partial charge >= 0.3 is 0 Å². The summed E-state index contributed by atoms with van der Waals surface area (Å²) in [6.45, 7) is 8.44. The lowest BCUT2D eigenvalue weighted by atomic mass is 9.96. The molecule has 2 atom stereocenters. The number of fused-ring (bicyclic) bond motifs is 1. The van der Waals surface area contributed by atoms with Gasteiger partial charge in [-0.3, -0.25) is 4.90 Å². The van der Waals surface area contributed by atoms with Crippen molar-refractivity contribution in [2.24, 2.45) is 5.92 Å². The molecule has 1 saturated heterocycles. The third-order valence-electron chi connectivity index (χ3n) is 5.69. The summed E-state index contributed by atoms with van der Waals surface area (Å²) in [6, 6.07) is 8.30. The average Bonchev–Trinajstić information content (AvgIpc) is 2.76. The highest BCUT2D eigenvalue weighted by Crippen LogP contribution is 2.32. The second kappa shape index (κ2) is 11.4. The first-order valence-corrected chi connectivity index (χ1v) is 10.4. The van der Waals surface area contributed by atoms with E-state index in [-0.39, 0.29) is 27.0 Å². The topological polar surface area (TPSA) is 68.7 Å². The second-order valence-electron chi connectivity index (χ2n) is 7.84. The number of nitrogens with zero attached hydrogens (tertiary/aromatic N) is 3. The lowest BCUT2D eigenvalue weighted by Gasteiger charge is -2.37. The zero-order valence-electron chi connectivity index (χ0n) is 18.0. The van der Waals surface area contributed by atoms with Crippen LogP contribution in [0.2, 0.25) is 0 Å². The van der Waals surface area contributed by atoms with E-state index in [0.717, 1.165) is 42.5 Å². The van der Waals surface area contributed by atoms with Gasteiger partial charge in [-0.15, -0.1) is 0 Å². The molecule has 2 aromatic rings. The molecule has 0 bridgehead atoms. The molecule has 1 N–H and O–H groups in total. The molecule has 1 fully saturated rings. The number of aromatic nitrogens is 2. The minimum atomic E-state index is 0. The van der Waals surface area contributed by atoms with E-state index in [1.807, 2.05) is 19.1 Å². The summed E-state index contributed by atoms with van der Waals surface area (Å²) in [4.78, 5) is 11.6. The Morgan fingerprint density at radius 2 is 2.03 bits per heavy atom. The van der Waals surface area contributed by atoms with Crippen LogP contribution in [0.3, 0.4) is 0 Å². The first kappa shape index (κ1) is 25.1. The molecule has 0 aromatic carbocycles. The van der Waals surface area contributed by atoms with Gasteiger partial charge < -0.3 is 19.5 Å². The minimum Gasteiger partial charge on any atom is -0.484 e. The zero-order chi connectivity index (χ0) is 20.2. The summed E-state index contributed by atoms with van der Waals surface area (Å²) in [5, 5.41) is 3.57. The molecule has 0 unspecified atom stereocenters. The summed E-state index contributed by atoms with van der Waals surface area (Å²) in [6.07, 6.45) is 2.42. The molecule has 0 radical (unpaired) electrons. The first-order chi connectivity index (χ1) is 14.1. The fourth-order valence-corrected chi connectivity index (χ4v) is 4.09. The molecule has 0 saturated carbocycles. The van der Waals surface area contributed by atoms with Gasteiger partial charge in [0, 0.05) is 36.6 Å². The summed E-state index contributed by atoms with van der Waals surface area (Å²) in [7, 11) is 1.65. The lowest BCUT2D eigenvalue weighted by Crippen LogP contribution is -2.39. The van der Waals surface area contributed by atoms with E-state index in [4.69, 9.17) is 19.2 Å². The van der Waals surface area contributed by atoms with Crippen LogP contribution in [-0.2, 0) is 0 Å². The van der Waals surface area contributed by atoms with Crippen molar-refractivity contribution in [2.45, 2.75) is 40.2 Å². The Hall–Kier alpha value is -2.19. The zero-order valence-corrected chi connectivity index (χ0v) is 19.0. The number of hydrogen-bond acceptors (Lipinski definition) is 7. The van der Waals surface area contributed by atoms with Gasteiger partial charge in [-0.1, -0.05) is 7.43 Å². The molecule has 2 aromatic heterocycles. The predicted molar refractivity (Wildman–Crippen MR) is 129 cm³/mol. The summed E-state index contributed by atoms with van der Waals surface area (Å²) in [5.41, 5.74) is 3.06. The molecule has 0 amide bonds. The van der Waals surface area contributed by atoms with Crippen molar-refractivity contribution >= 4 is 19.2 Å². The van der Waals surface area contributed by atoms with Crippen LogP contribution in [0, 0.1) is 12.8 Å². The van der Waals surface area contributed by atoms with E-state index in [2.05, 4.69) is 34.3 Å². The Bertz CT molecular complexity index is 852. The number of ether oxygens (including phenoxy) is 3. The second-order valence-corrected chi connectivity index (χ2v) is 7.84. The van der Waals surface area contributed by atoms with E-state index in [1.54, 1.807) is 7.11 Å². The first-order valence-electron chi connectivity index (χ1n) is 10.4. The van der Waals surface area contributed by atoms with Crippen LogP contribution < -0.4 is 19.5 Å². The number of likely N-dealkylation sites (tertiary alicyclic amines) is 1. The molecule has 4 rings (SSSR count). The number of hydrogen-bond donors (Lipinski definition) is 1. The molecule has 31 heavy (non-hydrogen) atoms. The molecule has 172 valence electrons. The Morgan fingerprint density at radius 3 is 2.84 bits per heavy atom. The molecule has 8 heteroatoms. The minimum absolute atomic E-state index is 0. The maximum absolute atomic E-state index is 5.66. The third-order valence-corrected chi connectivity index (χ3v) is 5.69. The van der Waals surface area contributed by atoms with Gasteiger partial charge in [-0.2, -0.15) is 13.5 Å². The average molecular weight is 449 g/mol. The van der Waals surface area contributed by atoms with Crippen molar-refractivity contribution in [3.63, 3.8) is 0 Å². The molecule has 0 aliphatic carbocycles. The Labute approximate surface area is 193 Å². The number of pyridine rings is 2. The van der Waals surface area contributed by atoms with Gasteiger partial charge in [0.25, 0.3) is 5.88 Å². The fourth-order valence-electron chi connectivity index (χ4n) is 4.09. The standard InChI is InChI=1S/C22H30N4O3.CH4.H2S/c1-15-11-18(12-21(24-15)27-3)23-13-17-5-4-8-26(14-17)16(2)19-6-7-20-22(25-19)29-10-9-28-20;;/h6-7,11-12,16-17H,4-5,8-10,13-14H2,1-3H3,(H,23,24);1H4;1H2/t16-,17-;;/m0../s1. The number of aryl methyl sites for hydroxylation is 1. The Balaban J connectivity index is 0.00000171. The molecule has 2 aliphatic rings. The van der Waals surface area contributed by atoms with Gasteiger partial charge in [-0.05, 0) is 57.4 Å². The van der Waals surface area contributed by atoms with Crippen molar-refractivity contribution in [3.05, 3.63) is 35.7 Å². The lowest BCUT2D eigenvalue weighted by molar-refractivity contribution is 0.131. The van der Waals surface area contributed by atoms with Crippen molar-refractivity contribution in [1.82, 2.24) is 14.9 Å². The maximum atomic E-state index is 5.66. The SMILES string of the molecule is C.COc1cc(NC[C@@H]2CCCN([C@@H](C)c3ccc4c(n3)OCCO4)C2)cc(C)n1.S. The van der Waals surface area contributed by atoms with Gasteiger partial charge in [-0.25, -0.2) is 9.97 Å². The number of anilines is 1. The molecular weight excluding hydrogens is 412 g/mol. The molecule has 0 spiro atoms. The van der Waals surface area contributed by atoms with Crippen LogP contribution >= 0.6 is 13.5 Å². The summed E-state index contributed by atoms with van der Waals surface area (Å²) >= 11 is 0. The molecular formula is C23H36N4O3S. The highest BCUT2D eigenvalue weighted by Gasteiger charge is 2.26. The van der Waals surface area contributed by atoms with Crippen molar-refractivity contribution < 1.29 is 14.2 Å². The molecule has 4 heterocycles. The smallest absolute Gasteiger partial charge is 0.257 e. The Morgan fingerprint density at radius 1 is 1.23 bits per heavy atom. The fraction of sp³-hybridized carbons (Fsp3) is 0.565. The van der Waals surface area contributed by atoms with E-state index in [1.165, 1.54) is 12.8 Å². The quantitative estimate of drug-likeness (QED) is 0.710. The van der Waals surface area contributed by atoms with Crippen molar-refractivity contribution in [1.29, 1.82) is 0 Å². The predicted octanol–water partition coefficient (Wildman–Crippen LogP) is 4.20. The maximum Gasteiger partial charge on any atom is 0.257 e. The highest BCUT2D eigenvalue weighted by atomic mass is 32.1. The normalized spacial score (nSPS) is 18.9. The van der Waals surface area contributed by atoms with Gasteiger partial charge in [0.1, 0.15) is 13.2 Å². The van der Waals surface area contributed by atoms with Gasteiger partial charge in [0.15, 0.2) is 5.75 Å².